The highest BCUT2D eigenvalue weighted by atomic mass is 16.5. The molecule has 1 fully saturated rings. The Labute approximate surface area is 165 Å². The smallest absolute Gasteiger partial charge is 0.282 e. The summed E-state index contributed by atoms with van der Waals surface area (Å²) in [7, 11) is 0. The Morgan fingerprint density at radius 2 is 1.89 bits per heavy atom. The molecule has 2 amide bonds. The highest BCUT2D eigenvalue weighted by molar-refractivity contribution is 5.93. The number of hydrogen-bond acceptors (Lipinski definition) is 3. The number of hydrogen-bond donors (Lipinski definition) is 3. The maximum Gasteiger partial charge on any atom is 0.282 e. The van der Waals surface area contributed by atoms with E-state index in [9.17, 15) is 9.59 Å². The van der Waals surface area contributed by atoms with Crippen LogP contribution in [0.5, 0.6) is 5.75 Å². The first-order valence-corrected chi connectivity index (χ1v) is 9.74. The van der Waals surface area contributed by atoms with Crippen LogP contribution in [-0.2, 0) is 16.2 Å². The van der Waals surface area contributed by atoms with Crippen LogP contribution in [0.3, 0.4) is 0 Å². The molecule has 0 spiro atoms. The molecule has 0 radical (unpaired) electrons. The van der Waals surface area contributed by atoms with E-state index in [0.717, 1.165) is 41.3 Å². The first-order chi connectivity index (χ1) is 13.5. The van der Waals surface area contributed by atoms with Gasteiger partial charge < -0.3 is 20.7 Å². The lowest BCUT2D eigenvalue weighted by Gasteiger charge is -2.31. The van der Waals surface area contributed by atoms with Crippen molar-refractivity contribution in [3.05, 3.63) is 60.2 Å². The molecule has 2 aromatic rings. The zero-order valence-electron chi connectivity index (χ0n) is 16.2. The lowest BCUT2D eigenvalue weighted by molar-refractivity contribution is -0.921. The molecular weight excluding hydrogens is 354 g/mol. The first-order valence-electron chi connectivity index (χ1n) is 9.74. The van der Waals surface area contributed by atoms with Gasteiger partial charge in [-0.1, -0.05) is 30.3 Å². The summed E-state index contributed by atoms with van der Waals surface area (Å²) in [6.07, 6.45) is 1.73. The summed E-state index contributed by atoms with van der Waals surface area (Å²) >= 11 is 0. The van der Waals surface area contributed by atoms with Crippen molar-refractivity contribution >= 4 is 17.5 Å². The Morgan fingerprint density at radius 1 is 1.18 bits per heavy atom. The van der Waals surface area contributed by atoms with Gasteiger partial charge in [-0.25, -0.2) is 0 Å². The average Bonchev–Trinajstić information content (AvgIpc) is 2.73. The second-order valence-electron chi connectivity index (χ2n) is 7.36. The molecular formula is C22H28N3O3+. The fourth-order valence-electron chi connectivity index (χ4n) is 3.54. The number of ether oxygens (including phenoxy) is 1. The average molecular weight is 382 g/mol. The molecule has 4 N–H and O–H groups in total. The van der Waals surface area contributed by atoms with E-state index in [1.165, 1.54) is 0 Å². The maximum absolute atomic E-state index is 12.6. The summed E-state index contributed by atoms with van der Waals surface area (Å²) in [6.45, 7) is 3.90. The van der Waals surface area contributed by atoms with Crippen LogP contribution in [0.1, 0.15) is 25.3 Å². The van der Waals surface area contributed by atoms with E-state index in [1.807, 2.05) is 61.5 Å². The number of carbonyl (C=O) groups is 2. The summed E-state index contributed by atoms with van der Waals surface area (Å²) in [5, 5.41) is 2.95. The topological polar surface area (TPSA) is 85.9 Å². The van der Waals surface area contributed by atoms with E-state index >= 15 is 0 Å². The third-order valence-corrected chi connectivity index (χ3v) is 5.34. The zero-order chi connectivity index (χ0) is 19.9. The molecule has 0 bridgehead atoms. The summed E-state index contributed by atoms with van der Waals surface area (Å²) in [4.78, 5) is 25.2. The molecule has 1 heterocycles. The maximum atomic E-state index is 12.6. The van der Waals surface area contributed by atoms with Gasteiger partial charge in [-0.2, -0.15) is 0 Å². The number of carbonyl (C=O) groups excluding carboxylic acids is 2. The Hall–Kier alpha value is -2.86. The van der Waals surface area contributed by atoms with Crippen molar-refractivity contribution in [3.8, 4) is 5.75 Å². The molecule has 2 aromatic carbocycles. The molecule has 1 aliphatic rings. The van der Waals surface area contributed by atoms with Crippen LogP contribution >= 0.6 is 0 Å². The van der Waals surface area contributed by atoms with Crippen LogP contribution in [0.2, 0.25) is 0 Å². The van der Waals surface area contributed by atoms with Gasteiger partial charge in [0.15, 0.2) is 6.04 Å². The largest absolute Gasteiger partial charge is 0.489 e. The zero-order valence-corrected chi connectivity index (χ0v) is 16.2. The number of likely N-dealkylation sites (tertiary alicyclic amines) is 1. The van der Waals surface area contributed by atoms with Crippen LogP contribution in [0.4, 0.5) is 5.69 Å². The summed E-state index contributed by atoms with van der Waals surface area (Å²) in [5.41, 5.74) is 7.27. The van der Waals surface area contributed by atoms with Gasteiger partial charge in [0.25, 0.3) is 5.91 Å². The molecule has 148 valence electrons. The normalized spacial score (nSPS) is 20.2. The quantitative estimate of drug-likeness (QED) is 0.676. The van der Waals surface area contributed by atoms with Gasteiger partial charge in [0.2, 0.25) is 5.91 Å². The second kappa shape index (κ2) is 9.37. The van der Waals surface area contributed by atoms with Crippen LogP contribution in [0.25, 0.3) is 0 Å². The van der Waals surface area contributed by atoms with Crippen molar-refractivity contribution in [3.63, 3.8) is 0 Å². The highest BCUT2D eigenvalue weighted by Gasteiger charge is 2.33. The number of nitrogens with one attached hydrogen (secondary N) is 2. The summed E-state index contributed by atoms with van der Waals surface area (Å²) in [6, 6.07) is 17.1. The van der Waals surface area contributed by atoms with Gasteiger partial charge >= 0.3 is 0 Å². The number of primary amides is 1. The van der Waals surface area contributed by atoms with E-state index in [-0.39, 0.29) is 23.8 Å². The lowest BCUT2D eigenvalue weighted by atomic mass is 9.96. The van der Waals surface area contributed by atoms with Crippen molar-refractivity contribution in [1.82, 2.24) is 0 Å². The SMILES string of the molecule is C[C@H](C(=O)Nc1ccc(OCc2ccccc2)cc1)[NH+]1CCC[C@H](C(N)=O)C1. The minimum absolute atomic E-state index is 0.0573. The Bertz CT molecular complexity index is 792. The molecule has 28 heavy (non-hydrogen) atoms. The van der Waals surface area contributed by atoms with E-state index in [4.69, 9.17) is 10.5 Å². The van der Waals surface area contributed by atoms with Crippen LogP contribution < -0.4 is 20.7 Å². The summed E-state index contributed by atoms with van der Waals surface area (Å²) in [5.74, 6) is 0.287. The molecule has 3 rings (SSSR count). The van der Waals surface area contributed by atoms with Crippen LogP contribution in [0.15, 0.2) is 54.6 Å². The molecule has 1 aliphatic heterocycles. The minimum atomic E-state index is -0.268. The molecule has 1 saturated heterocycles. The Kier molecular flexibility index (Phi) is 6.66. The second-order valence-corrected chi connectivity index (χ2v) is 7.36. The van der Waals surface area contributed by atoms with Gasteiger partial charge in [-0.3, -0.25) is 9.59 Å². The third-order valence-electron chi connectivity index (χ3n) is 5.34. The van der Waals surface area contributed by atoms with Crippen LogP contribution in [-0.4, -0.2) is 30.9 Å². The van der Waals surface area contributed by atoms with Gasteiger partial charge in [0, 0.05) is 5.69 Å². The fraction of sp³-hybridized carbons (Fsp3) is 0.364. The Morgan fingerprint density at radius 3 is 2.57 bits per heavy atom. The predicted molar refractivity (Wildman–Crippen MR) is 108 cm³/mol. The molecule has 1 unspecified atom stereocenters. The number of piperidine rings is 1. The highest BCUT2D eigenvalue weighted by Crippen LogP contribution is 2.17. The van der Waals surface area contributed by atoms with Crippen molar-refractivity contribution < 1.29 is 19.2 Å². The number of benzene rings is 2. The molecule has 3 atom stereocenters. The fourth-order valence-corrected chi connectivity index (χ4v) is 3.54. The minimum Gasteiger partial charge on any atom is -0.489 e. The molecule has 0 aliphatic carbocycles. The molecule has 6 heteroatoms. The van der Waals surface area contributed by atoms with Gasteiger partial charge in [0.1, 0.15) is 12.4 Å². The Balaban J connectivity index is 1.51. The monoisotopic (exact) mass is 382 g/mol. The van der Waals surface area contributed by atoms with Crippen molar-refractivity contribution in [2.45, 2.75) is 32.4 Å². The predicted octanol–water partition coefficient (Wildman–Crippen LogP) is 1.37. The third kappa shape index (κ3) is 5.33. The van der Waals surface area contributed by atoms with Crippen molar-refractivity contribution in [1.29, 1.82) is 0 Å². The molecule has 0 saturated carbocycles. The standard InChI is InChI=1S/C22H27N3O3/c1-16(25-13-5-8-18(14-25)21(23)26)22(27)24-19-9-11-20(12-10-19)28-15-17-6-3-2-4-7-17/h2-4,6-7,9-12,16,18H,5,8,13-15H2,1H3,(H2,23,26)(H,24,27)/p+1/t16-,18+/m1/s1. The number of quaternary nitrogens is 1. The van der Waals surface area contributed by atoms with Crippen molar-refractivity contribution in [2.24, 2.45) is 11.7 Å². The number of anilines is 1. The molecule has 6 nitrogen and oxygen atoms in total. The van der Waals surface area contributed by atoms with Crippen molar-refractivity contribution in [2.75, 3.05) is 18.4 Å². The number of amides is 2. The van der Waals surface area contributed by atoms with Gasteiger partial charge in [0.05, 0.1) is 19.0 Å². The van der Waals surface area contributed by atoms with E-state index in [0.29, 0.717) is 13.2 Å². The van der Waals surface area contributed by atoms with E-state index in [2.05, 4.69) is 5.32 Å². The first kappa shape index (κ1) is 19.9. The van der Waals surface area contributed by atoms with Gasteiger partial charge in [-0.05, 0) is 49.6 Å². The lowest BCUT2D eigenvalue weighted by Crippen LogP contribution is -3.18. The van der Waals surface area contributed by atoms with Crippen LogP contribution in [0, 0.1) is 5.92 Å². The van der Waals surface area contributed by atoms with E-state index < -0.39 is 0 Å². The van der Waals surface area contributed by atoms with Gasteiger partial charge in [-0.15, -0.1) is 0 Å². The number of nitrogens with two attached hydrogens (primary N) is 1. The molecule has 0 aromatic heterocycles. The summed E-state index contributed by atoms with van der Waals surface area (Å²) < 4.78 is 5.77. The number of rotatable bonds is 7. The van der Waals surface area contributed by atoms with E-state index in [1.54, 1.807) is 0 Å².